The summed E-state index contributed by atoms with van der Waals surface area (Å²) in [6.07, 6.45) is 3.06. The number of aromatic nitrogens is 2. The van der Waals surface area contributed by atoms with E-state index in [1.807, 2.05) is 11.7 Å². The van der Waals surface area contributed by atoms with Crippen LogP contribution in [0, 0.1) is 5.92 Å². The quantitative estimate of drug-likeness (QED) is 0.825. The Bertz CT molecular complexity index is 373. The number of nitrogens with zero attached hydrogens (tertiary/aromatic N) is 2. The number of hydrogen-bond acceptors (Lipinski definition) is 2. The molecular formula is C14H26ClN3. The Labute approximate surface area is 116 Å². The maximum absolute atomic E-state index is 6.37. The molecule has 1 rings (SSSR count). The molecule has 0 aliphatic carbocycles. The third-order valence-electron chi connectivity index (χ3n) is 3.35. The van der Waals surface area contributed by atoms with Crippen LogP contribution >= 0.6 is 11.6 Å². The van der Waals surface area contributed by atoms with Gasteiger partial charge >= 0.3 is 0 Å². The van der Waals surface area contributed by atoms with Gasteiger partial charge in [-0.25, -0.2) is 0 Å². The first kappa shape index (κ1) is 15.5. The molecule has 0 amide bonds. The molecule has 1 aromatic rings. The molecule has 0 spiro atoms. The molecule has 3 nitrogen and oxygen atoms in total. The molecule has 0 bridgehead atoms. The lowest BCUT2D eigenvalue weighted by atomic mass is 9.97. The number of rotatable bonds is 7. The van der Waals surface area contributed by atoms with Gasteiger partial charge in [-0.1, -0.05) is 32.4 Å². The standard InChI is InChI=1S/C14H26ClN3/c1-6-12-14(15)13(18(5)17-12)9-10(3)8-11(4)16-7-2/h10-11,16H,6-9H2,1-5H3. The zero-order valence-corrected chi connectivity index (χ0v) is 13.0. The average Bonchev–Trinajstić information content (AvgIpc) is 2.56. The molecule has 1 aromatic heterocycles. The minimum Gasteiger partial charge on any atom is -0.315 e. The second kappa shape index (κ2) is 7.15. The van der Waals surface area contributed by atoms with Gasteiger partial charge in [-0.3, -0.25) is 4.68 Å². The first-order valence-electron chi connectivity index (χ1n) is 6.93. The Balaban J connectivity index is 2.64. The Hall–Kier alpha value is -0.540. The van der Waals surface area contributed by atoms with E-state index in [4.69, 9.17) is 11.6 Å². The second-order valence-electron chi connectivity index (χ2n) is 5.19. The van der Waals surface area contributed by atoms with Gasteiger partial charge in [0.05, 0.1) is 16.4 Å². The van der Waals surface area contributed by atoms with Crippen molar-refractivity contribution in [1.29, 1.82) is 0 Å². The zero-order valence-electron chi connectivity index (χ0n) is 12.3. The summed E-state index contributed by atoms with van der Waals surface area (Å²) in [6.45, 7) is 9.78. The molecule has 0 aromatic carbocycles. The first-order valence-corrected chi connectivity index (χ1v) is 7.30. The minimum absolute atomic E-state index is 0.558. The molecule has 0 aliphatic rings. The molecule has 0 saturated heterocycles. The predicted octanol–water partition coefficient (Wildman–Crippen LogP) is 3.20. The summed E-state index contributed by atoms with van der Waals surface area (Å²) in [6, 6.07) is 0.558. The van der Waals surface area contributed by atoms with Gasteiger partial charge in [0.1, 0.15) is 0 Å². The lowest BCUT2D eigenvalue weighted by Gasteiger charge is -2.18. The summed E-state index contributed by atoms with van der Waals surface area (Å²) in [7, 11) is 1.99. The van der Waals surface area contributed by atoms with Crippen LogP contribution in [-0.2, 0) is 19.9 Å². The van der Waals surface area contributed by atoms with E-state index < -0.39 is 0 Å². The van der Waals surface area contributed by atoms with Gasteiger partial charge in [-0.2, -0.15) is 5.10 Å². The highest BCUT2D eigenvalue weighted by Crippen LogP contribution is 2.24. The molecule has 1 N–H and O–H groups in total. The van der Waals surface area contributed by atoms with Gasteiger partial charge in [0, 0.05) is 13.1 Å². The van der Waals surface area contributed by atoms with E-state index >= 15 is 0 Å². The first-order chi connectivity index (χ1) is 8.49. The van der Waals surface area contributed by atoms with Crippen LogP contribution in [0.1, 0.15) is 45.5 Å². The van der Waals surface area contributed by atoms with Crippen LogP contribution in [0.2, 0.25) is 5.02 Å². The summed E-state index contributed by atoms with van der Waals surface area (Å²) in [5.74, 6) is 0.608. The SMILES string of the molecule is CCNC(C)CC(C)Cc1c(Cl)c(CC)nn1C. The van der Waals surface area contributed by atoms with E-state index in [0.717, 1.165) is 36.5 Å². The van der Waals surface area contributed by atoms with Crippen molar-refractivity contribution >= 4 is 11.6 Å². The van der Waals surface area contributed by atoms with Gasteiger partial charge in [0.15, 0.2) is 0 Å². The van der Waals surface area contributed by atoms with Crippen molar-refractivity contribution in [2.75, 3.05) is 6.54 Å². The van der Waals surface area contributed by atoms with Crippen LogP contribution < -0.4 is 5.32 Å². The fourth-order valence-corrected chi connectivity index (χ4v) is 2.86. The van der Waals surface area contributed by atoms with Gasteiger partial charge in [0.2, 0.25) is 0 Å². The monoisotopic (exact) mass is 271 g/mol. The summed E-state index contributed by atoms with van der Waals surface area (Å²) >= 11 is 6.37. The van der Waals surface area contributed by atoms with Crippen LogP contribution in [0.5, 0.6) is 0 Å². The van der Waals surface area contributed by atoms with Crippen LogP contribution in [0.4, 0.5) is 0 Å². The third kappa shape index (κ3) is 3.99. The number of halogens is 1. The molecule has 1 heterocycles. The lowest BCUT2D eigenvalue weighted by molar-refractivity contribution is 0.419. The maximum Gasteiger partial charge on any atom is 0.0849 e. The largest absolute Gasteiger partial charge is 0.315 e. The molecule has 2 unspecified atom stereocenters. The smallest absolute Gasteiger partial charge is 0.0849 e. The maximum atomic E-state index is 6.37. The van der Waals surface area contributed by atoms with Crippen molar-refractivity contribution in [1.82, 2.24) is 15.1 Å². The molecule has 0 radical (unpaired) electrons. The molecule has 18 heavy (non-hydrogen) atoms. The van der Waals surface area contributed by atoms with Gasteiger partial charge in [-0.05, 0) is 38.6 Å². The highest BCUT2D eigenvalue weighted by atomic mass is 35.5. The topological polar surface area (TPSA) is 29.9 Å². The third-order valence-corrected chi connectivity index (χ3v) is 3.79. The zero-order chi connectivity index (χ0) is 13.7. The second-order valence-corrected chi connectivity index (χ2v) is 5.57. The number of aryl methyl sites for hydroxylation is 2. The number of nitrogens with one attached hydrogen (secondary N) is 1. The van der Waals surface area contributed by atoms with Gasteiger partial charge in [-0.15, -0.1) is 0 Å². The van der Waals surface area contributed by atoms with E-state index in [-0.39, 0.29) is 0 Å². The van der Waals surface area contributed by atoms with Crippen molar-refractivity contribution in [2.45, 2.75) is 53.0 Å². The van der Waals surface area contributed by atoms with Crippen LogP contribution in [-0.4, -0.2) is 22.4 Å². The Kier molecular flexibility index (Phi) is 6.16. The van der Waals surface area contributed by atoms with Crippen molar-refractivity contribution in [3.05, 3.63) is 16.4 Å². The highest BCUT2D eigenvalue weighted by molar-refractivity contribution is 6.31. The number of hydrogen-bond donors (Lipinski definition) is 1. The Morgan fingerprint density at radius 2 is 2.00 bits per heavy atom. The molecule has 0 fully saturated rings. The normalized spacial score (nSPS) is 14.8. The fraction of sp³-hybridized carbons (Fsp3) is 0.786. The van der Waals surface area contributed by atoms with Crippen molar-refractivity contribution in [3.63, 3.8) is 0 Å². The van der Waals surface area contributed by atoms with Gasteiger partial charge in [0.25, 0.3) is 0 Å². The van der Waals surface area contributed by atoms with Crippen molar-refractivity contribution < 1.29 is 0 Å². The average molecular weight is 272 g/mol. The molecule has 0 aliphatic heterocycles. The molecule has 0 saturated carbocycles. The minimum atomic E-state index is 0.558. The summed E-state index contributed by atoms with van der Waals surface area (Å²) < 4.78 is 1.94. The van der Waals surface area contributed by atoms with Crippen molar-refractivity contribution in [3.8, 4) is 0 Å². The summed E-state index contributed by atoms with van der Waals surface area (Å²) in [4.78, 5) is 0. The van der Waals surface area contributed by atoms with Crippen LogP contribution in [0.3, 0.4) is 0 Å². The predicted molar refractivity (Wildman–Crippen MR) is 78.2 cm³/mol. The molecular weight excluding hydrogens is 246 g/mol. The summed E-state index contributed by atoms with van der Waals surface area (Å²) in [5, 5.41) is 8.78. The van der Waals surface area contributed by atoms with E-state index in [1.165, 1.54) is 5.69 Å². The highest BCUT2D eigenvalue weighted by Gasteiger charge is 2.16. The van der Waals surface area contributed by atoms with Gasteiger partial charge < -0.3 is 5.32 Å². The van der Waals surface area contributed by atoms with Crippen LogP contribution in [0.25, 0.3) is 0 Å². The fourth-order valence-electron chi connectivity index (χ4n) is 2.49. The lowest BCUT2D eigenvalue weighted by Crippen LogP contribution is -2.28. The molecule has 2 atom stereocenters. The van der Waals surface area contributed by atoms with E-state index in [2.05, 4.69) is 38.1 Å². The Morgan fingerprint density at radius 1 is 1.33 bits per heavy atom. The van der Waals surface area contributed by atoms with Crippen molar-refractivity contribution in [2.24, 2.45) is 13.0 Å². The van der Waals surface area contributed by atoms with E-state index in [1.54, 1.807) is 0 Å². The van der Waals surface area contributed by atoms with E-state index in [9.17, 15) is 0 Å². The van der Waals surface area contributed by atoms with Crippen LogP contribution in [0.15, 0.2) is 0 Å². The molecule has 104 valence electrons. The molecule has 4 heteroatoms. The summed E-state index contributed by atoms with van der Waals surface area (Å²) in [5.41, 5.74) is 2.19. The Morgan fingerprint density at radius 3 is 2.50 bits per heavy atom. The van der Waals surface area contributed by atoms with E-state index in [0.29, 0.717) is 12.0 Å².